The second-order valence-electron chi connectivity index (χ2n) is 8.16. The minimum atomic E-state index is -3.51. The van der Waals surface area contributed by atoms with Crippen LogP contribution in [0.25, 0.3) is 0 Å². The number of halogens is 1. The summed E-state index contributed by atoms with van der Waals surface area (Å²) in [6.07, 6.45) is 2.12. The van der Waals surface area contributed by atoms with Crippen molar-refractivity contribution < 1.29 is 17.6 Å². The van der Waals surface area contributed by atoms with E-state index in [9.17, 15) is 17.6 Å². The first-order valence-corrected chi connectivity index (χ1v) is 12.2. The molecule has 0 N–H and O–H groups in total. The number of carbonyl (C=O) groups is 1. The lowest BCUT2D eigenvalue weighted by Gasteiger charge is -2.35. The Hall–Kier alpha value is -2.45. The number of aryl methyl sites for hydroxylation is 1. The van der Waals surface area contributed by atoms with Crippen LogP contribution in [0, 0.1) is 5.82 Å². The summed E-state index contributed by atoms with van der Waals surface area (Å²) in [4.78, 5) is 16.8. The summed E-state index contributed by atoms with van der Waals surface area (Å²) in [6.45, 7) is 4.56. The molecule has 0 aliphatic carbocycles. The number of benzene rings is 2. The molecule has 0 bridgehead atoms. The van der Waals surface area contributed by atoms with Gasteiger partial charge in [0.15, 0.2) is 0 Å². The highest BCUT2D eigenvalue weighted by Crippen LogP contribution is 2.26. The largest absolute Gasteiger partial charge is 0.320 e. The first-order chi connectivity index (χ1) is 14.9. The van der Waals surface area contributed by atoms with Crippen LogP contribution in [0.3, 0.4) is 0 Å². The zero-order valence-electron chi connectivity index (χ0n) is 17.7. The average molecular weight is 446 g/mol. The first-order valence-electron chi connectivity index (χ1n) is 10.8. The predicted molar refractivity (Wildman–Crippen MR) is 117 cm³/mol. The van der Waals surface area contributed by atoms with Crippen molar-refractivity contribution in [2.24, 2.45) is 0 Å². The molecular formula is C23H28FN3O3S. The third-order valence-electron chi connectivity index (χ3n) is 6.25. The second-order valence-corrected chi connectivity index (χ2v) is 10.1. The molecule has 0 saturated carbocycles. The SMILES string of the molecule is CCc1ccc(S(=O)(=O)N2CCC(N3CCN(Cc4ccc(F)cc4)C3=O)CC2)cc1. The summed E-state index contributed by atoms with van der Waals surface area (Å²) in [5, 5.41) is 0. The number of nitrogens with zero attached hydrogens (tertiary/aromatic N) is 3. The van der Waals surface area contributed by atoms with E-state index >= 15 is 0 Å². The van der Waals surface area contributed by atoms with Crippen LogP contribution < -0.4 is 0 Å². The molecule has 0 unspecified atom stereocenters. The van der Waals surface area contributed by atoms with Gasteiger partial charge in [-0.05, 0) is 54.7 Å². The normalized spacial score (nSPS) is 18.7. The van der Waals surface area contributed by atoms with Crippen molar-refractivity contribution in [2.45, 2.75) is 43.7 Å². The molecule has 2 amide bonds. The molecule has 6 nitrogen and oxygen atoms in total. The number of hydrogen-bond donors (Lipinski definition) is 0. The fourth-order valence-electron chi connectivity index (χ4n) is 4.34. The number of carbonyl (C=O) groups excluding carboxylic acids is 1. The van der Waals surface area contributed by atoms with E-state index in [1.165, 1.54) is 16.4 Å². The van der Waals surface area contributed by atoms with Crippen LogP contribution in [0.1, 0.15) is 30.9 Å². The Balaban J connectivity index is 1.35. The second kappa shape index (κ2) is 8.96. The number of piperidine rings is 1. The monoisotopic (exact) mass is 445 g/mol. The third kappa shape index (κ3) is 4.60. The summed E-state index contributed by atoms with van der Waals surface area (Å²) < 4.78 is 40.6. The molecule has 31 heavy (non-hydrogen) atoms. The van der Waals surface area contributed by atoms with Gasteiger partial charge in [0.1, 0.15) is 5.82 Å². The van der Waals surface area contributed by atoms with E-state index in [0.717, 1.165) is 17.5 Å². The van der Waals surface area contributed by atoms with Crippen molar-refractivity contribution >= 4 is 16.1 Å². The molecule has 2 heterocycles. The Morgan fingerprint density at radius 1 is 0.903 bits per heavy atom. The van der Waals surface area contributed by atoms with E-state index in [0.29, 0.717) is 50.5 Å². The van der Waals surface area contributed by atoms with Crippen LogP contribution in [0.5, 0.6) is 0 Å². The van der Waals surface area contributed by atoms with Crippen molar-refractivity contribution in [3.8, 4) is 0 Å². The van der Waals surface area contributed by atoms with Crippen molar-refractivity contribution in [1.82, 2.24) is 14.1 Å². The minimum absolute atomic E-state index is 0.0270. The number of sulfonamides is 1. The highest BCUT2D eigenvalue weighted by atomic mass is 32.2. The quantitative estimate of drug-likeness (QED) is 0.684. The minimum Gasteiger partial charge on any atom is -0.320 e. The third-order valence-corrected chi connectivity index (χ3v) is 8.16. The number of rotatable bonds is 6. The molecule has 0 aromatic heterocycles. The molecule has 2 fully saturated rings. The summed E-state index contributed by atoms with van der Waals surface area (Å²) in [6, 6.07) is 13.3. The number of amides is 2. The lowest BCUT2D eigenvalue weighted by molar-refractivity contribution is 0.153. The van der Waals surface area contributed by atoms with Crippen LogP contribution in [0.4, 0.5) is 9.18 Å². The van der Waals surface area contributed by atoms with Crippen LogP contribution in [0.2, 0.25) is 0 Å². The maximum Gasteiger partial charge on any atom is 0.320 e. The molecule has 0 atom stereocenters. The van der Waals surface area contributed by atoms with Gasteiger partial charge in [0, 0.05) is 38.8 Å². The van der Waals surface area contributed by atoms with Crippen molar-refractivity contribution in [1.29, 1.82) is 0 Å². The van der Waals surface area contributed by atoms with Crippen LogP contribution in [-0.4, -0.2) is 60.8 Å². The molecular weight excluding hydrogens is 417 g/mol. The fraction of sp³-hybridized carbons (Fsp3) is 0.435. The maximum absolute atomic E-state index is 13.1. The fourth-order valence-corrected chi connectivity index (χ4v) is 5.81. The Bertz CT molecular complexity index is 1020. The predicted octanol–water partition coefficient (Wildman–Crippen LogP) is 3.48. The van der Waals surface area contributed by atoms with E-state index in [1.54, 1.807) is 29.2 Å². The van der Waals surface area contributed by atoms with Gasteiger partial charge < -0.3 is 9.80 Å². The molecule has 4 rings (SSSR count). The van der Waals surface area contributed by atoms with E-state index in [-0.39, 0.29) is 17.9 Å². The molecule has 0 spiro atoms. The highest BCUT2D eigenvalue weighted by molar-refractivity contribution is 7.89. The molecule has 0 radical (unpaired) electrons. The van der Waals surface area contributed by atoms with Gasteiger partial charge in [-0.3, -0.25) is 0 Å². The zero-order valence-corrected chi connectivity index (χ0v) is 18.5. The van der Waals surface area contributed by atoms with Gasteiger partial charge in [-0.2, -0.15) is 4.31 Å². The van der Waals surface area contributed by atoms with Crippen molar-refractivity contribution in [3.05, 3.63) is 65.5 Å². The summed E-state index contributed by atoms with van der Waals surface area (Å²) in [5.74, 6) is -0.291. The Morgan fingerprint density at radius 2 is 1.52 bits per heavy atom. The van der Waals surface area contributed by atoms with E-state index in [4.69, 9.17) is 0 Å². The van der Waals surface area contributed by atoms with E-state index < -0.39 is 10.0 Å². The first kappa shape index (κ1) is 21.8. The standard InChI is InChI=1S/C23H28FN3O3S/c1-2-18-5-9-22(10-6-18)31(29,30)26-13-11-21(12-14-26)27-16-15-25(23(27)28)17-19-3-7-20(24)8-4-19/h3-10,21H,2,11-17H2,1H3. The maximum atomic E-state index is 13.1. The van der Waals surface area contributed by atoms with Crippen LogP contribution in [-0.2, 0) is 23.0 Å². The molecule has 2 aromatic rings. The molecule has 2 aromatic carbocycles. The van der Waals surface area contributed by atoms with Gasteiger partial charge in [-0.15, -0.1) is 0 Å². The van der Waals surface area contributed by atoms with Crippen LogP contribution in [0.15, 0.2) is 53.4 Å². The van der Waals surface area contributed by atoms with Crippen LogP contribution >= 0.6 is 0 Å². The average Bonchev–Trinajstić information content (AvgIpc) is 3.15. The molecule has 166 valence electrons. The highest BCUT2D eigenvalue weighted by Gasteiger charge is 2.37. The van der Waals surface area contributed by atoms with Gasteiger partial charge >= 0.3 is 6.03 Å². The van der Waals surface area contributed by atoms with Gasteiger partial charge in [0.05, 0.1) is 4.90 Å². The summed E-state index contributed by atoms with van der Waals surface area (Å²) in [7, 11) is -3.51. The van der Waals surface area contributed by atoms with Gasteiger partial charge in [0.25, 0.3) is 0 Å². The molecule has 2 saturated heterocycles. The smallest absolute Gasteiger partial charge is 0.320 e. The topological polar surface area (TPSA) is 60.9 Å². The van der Waals surface area contributed by atoms with Crippen molar-refractivity contribution in [3.63, 3.8) is 0 Å². The Labute approximate surface area is 183 Å². The molecule has 2 aliphatic heterocycles. The van der Waals surface area contributed by atoms with Gasteiger partial charge in [-0.25, -0.2) is 17.6 Å². The lowest BCUT2D eigenvalue weighted by atomic mass is 10.1. The molecule has 8 heteroatoms. The van der Waals surface area contributed by atoms with Gasteiger partial charge in [0.2, 0.25) is 10.0 Å². The summed E-state index contributed by atoms with van der Waals surface area (Å²) >= 11 is 0. The number of hydrogen-bond acceptors (Lipinski definition) is 3. The van der Waals surface area contributed by atoms with E-state index in [1.807, 2.05) is 24.0 Å². The summed E-state index contributed by atoms with van der Waals surface area (Å²) in [5.41, 5.74) is 2.00. The zero-order chi connectivity index (χ0) is 22.0. The Morgan fingerprint density at radius 3 is 2.13 bits per heavy atom. The Kier molecular flexibility index (Phi) is 6.29. The van der Waals surface area contributed by atoms with Gasteiger partial charge in [-0.1, -0.05) is 31.2 Å². The van der Waals surface area contributed by atoms with E-state index in [2.05, 4.69) is 0 Å². The number of urea groups is 1. The lowest BCUT2D eigenvalue weighted by Crippen LogP contribution is -2.47. The van der Waals surface area contributed by atoms with Crippen molar-refractivity contribution in [2.75, 3.05) is 26.2 Å². The molecule has 2 aliphatic rings.